The molecule has 12 heteroatoms. The number of sulfonamides is 1. The highest BCUT2D eigenvalue weighted by molar-refractivity contribution is 7.92. The normalized spacial score (nSPS) is 18.1. The number of amides is 2. The Bertz CT molecular complexity index is 1310. The van der Waals surface area contributed by atoms with E-state index in [0.717, 1.165) is 0 Å². The second kappa shape index (κ2) is 11.3. The molecule has 1 aromatic carbocycles. The third-order valence-electron chi connectivity index (χ3n) is 5.30. The largest absolute Gasteiger partial charge is 0.444 e. The summed E-state index contributed by atoms with van der Waals surface area (Å²) < 4.78 is 33.4. The van der Waals surface area contributed by atoms with Gasteiger partial charge in [-0.3, -0.25) is 14.5 Å². The van der Waals surface area contributed by atoms with Crippen molar-refractivity contribution in [3.05, 3.63) is 65.5 Å². The number of alkyl carbamates (subject to hydrolysis) is 1. The molecule has 0 spiro atoms. The molecule has 3 rings (SSSR count). The molecule has 0 radical (unpaired) electrons. The van der Waals surface area contributed by atoms with E-state index in [0.29, 0.717) is 5.56 Å². The van der Waals surface area contributed by atoms with E-state index in [-0.39, 0.29) is 28.8 Å². The molecule has 3 N–H and O–H groups in total. The zero-order chi connectivity index (χ0) is 27.3. The number of rotatable bonds is 8. The van der Waals surface area contributed by atoms with Gasteiger partial charge in [0.1, 0.15) is 11.0 Å². The van der Waals surface area contributed by atoms with E-state index in [2.05, 4.69) is 25.3 Å². The Balaban J connectivity index is 1.82. The van der Waals surface area contributed by atoms with E-state index in [1.807, 2.05) is 0 Å². The summed E-state index contributed by atoms with van der Waals surface area (Å²) in [6.07, 6.45) is 5.69. The number of benzene rings is 1. The summed E-state index contributed by atoms with van der Waals surface area (Å²) in [7, 11) is -3.95. The Morgan fingerprint density at radius 1 is 1.22 bits per heavy atom. The summed E-state index contributed by atoms with van der Waals surface area (Å²) in [6.45, 7) is 7.20. The average molecular weight is 548 g/mol. The van der Waals surface area contributed by atoms with Gasteiger partial charge in [-0.15, -0.1) is 0 Å². The number of carbonyl (C=O) groups is 2. The summed E-state index contributed by atoms with van der Waals surface area (Å²) in [5, 5.41) is 5.44. The summed E-state index contributed by atoms with van der Waals surface area (Å²) in [5.41, 5.74) is -1.51. The quantitative estimate of drug-likeness (QED) is 0.433. The van der Waals surface area contributed by atoms with Crippen LogP contribution in [0.4, 0.5) is 10.5 Å². The smallest absolute Gasteiger partial charge is 0.407 e. The minimum atomic E-state index is -3.95. The minimum absolute atomic E-state index is 0.0257. The van der Waals surface area contributed by atoms with E-state index in [4.69, 9.17) is 16.3 Å². The molecule has 198 valence electrons. The van der Waals surface area contributed by atoms with Crippen LogP contribution in [0.25, 0.3) is 0 Å². The molecule has 1 aliphatic rings. The van der Waals surface area contributed by atoms with Crippen LogP contribution < -0.4 is 15.4 Å². The van der Waals surface area contributed by atoms with Gasteiger partial charge in [0.25, 0.3) is 10.0 Å². The lowest BCUT2D eigenvalue weighted by Crippen LogP contribution is -2.51. The third-order valence-corrected chi connectivity index (χ3v) is 6.98. The number of allylic oxidation sites excluding steroid dienone is 1. The fraction of sp³-hybridized carbons (Fsp3) is 0.360. The van der Waals surface area contributed by atoms with Crippen LogP contribution in [-0.2, 0) is 25.0 Å². The molecule has 0 aliphatic carbocycles. The number of anilines is 1. The first-order valence-corrected chi connectivity index (χ1v) is 13.4. The number of hydrogen-bond acceptors (Lipinski definition) is 7. The molecule has 2 aromatic rings. The predicted molar refractivity (Wildman–Crippen MR) is 143 cm³/mol. The monoisotopic (exact) mass is 547 g/mol. The Morgan fingerprint density at radius 2 is 1.92 bits per heavy atom. The van der Waals surface area contributed by atoms with Crippen LogP contribution in [-0.4, -0.2) is 56.3 Å². The molecule has 2 amide bonds. The second-order valence-electron chi connectivity index (χ2n) is 9.56. The molecule has 37 heavy (non-hydrogen) atoms. The van der Waals surface area contributed by atoms with E-state index < -0.39 is 39.1 Å². The third kappa shape index (κ3) is 7.30. The maximum atomic E-state index is 13.5. The van der Waals surface area contributed by atoms with Gasteiger partial charge in [0.2, 0.25) is 5.91 Å². The summed E-state index contributed by atoms with van der Waals surface area (Å²) in [5.74, 6) is -0.403. The summed E-state index contributed by atoms with van der Waals surface area (Å²) in [4.78, 5) is 33.9. The van der Waals surface area contributed by atoms with Gasteiger partial charge in [-0.1, -0.05) is 35.9 Å². The second-order valence-corrected chi connectivity index (χ2v) is 11.6. The van der Waals surface area contributed by atoms with Gasteiger partial charge in [-0.25, -0.2) is 18.2 Å². The number of halogens is 1. The van der Waals surface area contributed by atoms with Gasteiger partial charge >= 0.3 is 6.09 Å². The molecule has 1 aliphatic heterocycles. The topological polar surface area (TPSA) is 139 Å². The first kappa shape index (κ1) is 28.1. The van der Waals surface area contributed by atoms with Crippen molar-refractivity contribution in [3.63, 3.8) is 0 Å². The van der Waals surface area contributed by atoms with Gasteiger partial charge < -0.3 is 15.4 Å². The average Bonchev–Trinajstić information content (AvgIpc) is 2.84. The Kier molecular flexibility index (Phi) is 8.60. The molecule has 2 heterocycles. The Hall–Kier alpha value is -3.44. The van der Waals surface area contributed by atoms with Crippen molar-refractivity contribution in [1.29, 1.82) is 0 Å². The number of aliphatic imine (C=N–C) groups is 1. The van der Waals surface area contributed by atoms with Crippen molar-refractivity contribution in [2.45, 2.75) is 49.6 Å². The van der Waals surface area contributed by atoms with E-state index in [1.165, 1.54) is 24.4 Å². The Labute approximate surface area is 221 Å². The maximum absolute atomic E-state index is 13.5. The van der Waals surface area contributed by atoms with Crippen molar-refractivity contribution in [1.82, 2.24) is 15.6 Å². The van der Waals surface area contributed by atoms with Crippen LogP contribution in [0.5, 0.6) is 0 Å². The number of dihydropyridines is 1. The molecule has 0 fully saturated rings. The number of aromatic nitrogens is 1. The predicted octanol–water partition coefficient (Wildman–Crippen LogP) is 3.44. The van der Waals surface area contributed by atoms with E-state index in [1.54, 1.807) is 64.3 Å². The number of ether oxygens (including phenoxy) is 1. The van der Waals surface area contributed by atoms with Gasteiger partial charge in [-0.05, 0) is 57.5 Å². The van der Waals surface area contributed by atoms with Crippen molar-refractivity contribution in [3.8, 4) is 0 Å². The molecule has 0 saturated heterocycles. The standard InChI is InChI=1S/C25H30ClN5O5S/c1-17(14-29-23(33)36-24(2,3)4)30-22(32)25(11-8-12-27-16-25)18-13-20(21(26)28-15-18)31-37(34,35)19-9-6-5-7-10-19/h5-13,15,17,31H,14,16H2,1-4H3,(H,29,33)(H,30,32). The van der Waals surface area contributed by atoms with Crippen LogP contribution >= 0.6 is 11.6 Å². The van der Waals surface area contributed by atoms with E-state index in [9.17, 15) is 18.0 Å². The zero-order valence-electron chi connectivity index (χ0n) is 21.0. The molecule has 10 nitrogen and oxygen atoms in total. The number of nitrogens with zero attached hydrogens (tertiary/aromatic N) is 2. The Morgan fingerprint density at radius 3 is 2.54 bits per heavy atom. The summed E-state index contributed by atoms with van der Waals surface area (Å²) in [6, 6.07) is 8.84. The molecule has 0 saturated carbocycles. The van der Waals surface area contributed by atoms with E-state index >= 15 is 0 Å². The van der Waals surface area contributed by atoms with Crippen LogP contribution in [0, 0.1) is 0 Å². The highest BCUT2D eigenvalue weighted by atomic mass is 35.5. The molecular weight excluding hydrogens is 518 g/mol. The number of carbonyl (C=O) groups excluding carboxylic acids is 2. The lowest BCUT2D eigenvalue weighted by molar-refractivity contribution is -0.125. The van der Waals surface area contributed by atoms with Gasteiger partial charge in [0.15, 0.2) is 5.15 Å². The number of nitrogens with one attached hydrogen (secondary N) is 3. The van der Waals surface area contributed by atoms with Crippen LogP contribution in [0.15, 0.2) is 64.6 Å². The number of hydrogen-bond donors (Lipinski definition) is 3. The lowest BCUT2D eigenvalue weighted by atomic mass is 9.78. The zero-order valence-corrected chi connectivity index (χ0v) is 22.6. The van der Waals surface area contributed by atoms with Crippen molar-refractivity contribution < 1.29 is 22.7 Å². The summed E-state index contributed by atoms with van der Waals surface area (Å²) >= 11 is 6.22. The van der Waals surface area contributed by atoms with Crippen LogP contribution in [0.1, 0.15) is 33.3 Å². The SMILES string of the molecule is CC(CNC(=O)OC(C)(C)C)NC(=O)C1(c2cnc(Cl)c(NS(=O)(=O)c3ccccc3)c2)C=CC=NC1. The van der Waals surface area contributed by atoms with Crippen LogP contribution in [0.2, 0.25) is 5.15 Å². The molecule has 2 atom stereocenters. The first-order valence-electron chi connectivity index (χ1n) is 11.5. The van der Waals surface area contributed by atoms with Gasteiger partial charge in [0.05, 0.1) is 17.1 Å². The number of pyridine rings is 1. The fourth-order valence-corrected chi connectivity index (χ4v) is 4.79. The van der Waals surface area contributed by atoms with Crippen LogP contribution in [0.3, 0.4) is 0 Å². The lowest BCUT2D eigenvalue weighted by Gasteiger charge is -2.31. The minimum Gasteiger partial charge on any atom is -0.444 e. The molecule has 1 aromatic heterocycles. The van der Waals surface area contributed by atoms with Gasteiger partial charge in [-0.2, -0.15) is 0 Å². The van der Waals surface area contributed by atoms with Gasteiger partial charge in [0, 0.05) is 25.0 Å². The first-order chi connectivity index (χ1) is 17.3. The van der Waals surface area contributed by atoms with Crippen molar-refractivity contribution in [2.75, 3.05) is 17.8 Å². The molecule has 0 bridgehead atoms. The fourth-order valence-electron chi connectivity index (χ4n) is 3.50. The molecule has 2 unspecified atom stereocenters. The highest BCUT2D eigenvalue weighted by Crippen LogP contribution is 2.33. The molecular formula is C25H30ClN5O5S. The van der Waals surface area contributed by atoms with Crippen molar-refractivity contribution >= 4 is 45.5 Å². The van der Waals surface area contributed by atoms with Crippen molar-refractivity contribution in [2.24, 2.45) is 4.99 Å². The maximum Gasteiger partial charge on any atom is 0.407 e. The highest BCUT2D eigenvalue weighted by Gasteiger charge is 2.40.